The van der Waals surface area contributed by atoms with Gasteiger partial charge in [-0.05, 0) is 25.3 Å². The Morgan fingerprint density at radius 3 is 3.00 bits per heavy atom. The Kier molecular flexibility index (Phi) is 3.53. The van der Waals surface area contributed by atoms with E-state index in [0.29, 0.717) is 18.4 Å². The maximum Gasteiger partial charge on any atom is 0.218 e. The lowest BCUT2D eigenvalue weighted by Crippen LogP contribution is -2.43. The minimum atomic E-state index is -0.187. The molecule has 1 amide bonds. The van der Waals surface area contributed by atoms with Crippen LogP contribution in [0, 0.1) is 5.92 Å². The molecule has 70 valence electrons. The van der Waals surface area contributed by atoms with Crippen LogP contribution in [-0.4, -0.2) is 18.5 Å². The summed E-state index contributed by atoms with van der Waals surface area (Å²) < 4.78 is 0. The quantitative estimate of drug-likeness (QED) is 0.653. The normalized spacial score (nSPS) is 30.1. The van der Waals surface area contributed by atoms with Gasteiger partial charge in [-0.3, -0.25) is 4.79 Å². The number of carbonyl (C=O) groups is 1. The molecule has 1 heterocycles. The molecule has 0 bridgehead atoms. The van der Waals surface area contributed by atoms with Gasteiger partial charge in [0.2, 0.25) is 5.91 Å². The average Bonchev–Trinajstić information content (AvgIpc) is 2.04. The summed E-state index contributed by atoms with van der Waals surface area (Å²) >= 11 is 0. The van der Waals surface area contributed by atoms with Gasteiger partial charge in [-0.1, -0.05) is 13.3 Å². The summed E-state index contributed by atoms with van der Waals surface area (Å²) in [6.07, 6.45) is 4.11. The van der Waals surface area contributed by atoms with E-state index in [2.05, 4.69) is 12.2 Å². The zero-order valence-corrected chi connectivity index (χ0v) is 7.68. The Bertz CT molecular complexity index is 159. The van der Waals surface area contributed by atoms with Crippen LogP contribution in [0.3, 0.4) is 0 Å². The molecule has 1 rings (SSSR count). The number of nitrogens with two attached hydrogens (primary N) is 1. The molecule has 3 N–H and O–H groups in total. The molecule has 1 fully saturated rings. The van der Waals surface area contributed by atoms with E-state index >= 15 is 0 Å². The minimum Gasteiger partial charge on any atom is -0.370 e. The smallest absolute Gasteiger partial charge is 0.218 e. The molecule has 1 aliphatic rings. The highest BCUT2D eigenvalue weighted by atomic mass is 16.1. The summed E-state index contributed by atoms with van der Waals surface area (Å²) in [7, 11) is 0. The standard InChI is InChI=1S/C9H18N2O/c1-2-7-4-3-5-11-8(7)6-9(10)12/h7-8,11H,2-6H2,1H3,(H2,10,12). The molecule has 1 aliphatic heterocycles. The average molecular weight is 170 g/mol. The third kappa shape index (κ3) is 2.48. The second-order valence-corrected chi connectivity index (χ2v) is 3.54. The van der Waals surface area contributed by atoms with Crippen molar-refractivity contribution in [2.75, 3.05) is 6.54 Å². The van der Waals surface area contributed by atoms with Crippen molar-refractivity contribution >= 4 is 5.91 Å². The summed E-state index contributed by atoms with van der Waals surface area (Å²) in [5.41, 5.74) is 5.16. The highest BCUT2D eigenvalue weighted by Gasteiger charge is 2.24. The molecule has 2 unspecified atom stereocenters. The van der Waals surface area contributed by atoms with Crippen LogP contribution in [0.25, 0.3) is 0 Å². The lowest BCUT2D eigenvalue weighted by atomic mass is 9.87. The molecular formula is C9H18N2O. The zero-order chi connectivity index (χ0) is 8.97. The van der Waals surface area contributed by atoms with Gasteiger partial charge in [0.1, 0.15) is 0 Å². The summed E-state index contributed by atoms with van der Waals surface area (Å²) in [6.45, 7) is 3.21. The fourth-order valence-corrected chi connectivity index (χ4v) is 1.96. The first-order valence-corrected chi connectivity index (χ1v) is 4.75. The zero-order valence-electron chi connectivity index (χ0n) is 7.68. The number of hydrogen-bond acceptors (Lipinski definition) is 2. The van der Waals surface area contributed by atoms with E-state index in [-0.39, 0.29) is 5.91 Å². The summed E-state index contributed by atoms with van der Waals surface area (Å²) in [5.74, 6) is 0.458. The fourth-order valence-electron chi connectivity index (χ4n) is 1.96. The predicted octanol–water partition coefficient (Wildman–Crippen LogP) is 0.640. The van der Waals surface area contributed by atoms with E-state index in [9.17, 15) is 4.79 Å². The van der Waals surface area contributed by atoms with Crippen LogP contribution in [0.15, 0.2) is 0 Å². The molecule has 0 radical (unpaired) electrons. The Hall–Kier alpha value is -0.570. The maximum atomic E-state index is 10.7. The van der Waals surface area contributed by atoms with E-state index in [1.807, 2.05) is 0 Å². The van der Waals surface area contributed by atoms with Crippen molar-refractivity contribution in [1.29, 1.82) is 0 Å². The van der Waals surface area contributed by atoms with Crippen molar-refractivity contribution in [1.82, 2.24) is 5.32 Å². The first-order valence-electron chi connectivity index (χ1n) is 4.75. The van der Waals surface area contributed by atoms with Gasteiger partial charge in [-0.2, -0.15) is 0 Å². The van der Waals surface area contributed by atoms with Gasteiger partial charge in [-0.25, -0.2) is 0 Å². The van der Waals surface area contributed by atoms with Crippen molar-refractivity contribution in [2.45, 2.75) is 38.6 Å². The number of piperidine rings is 1. The number of carbonyl (C=O) groups excluding carboxylic acids is 1. The van der Waals surface area contributed by atoms with Gasteiger partial charge in [0.05, 0.1) is 0 Å². The topological polar surface area (TPSA) is 55.1 Å². The molecule has 0 spiro atoms. The molecule has 3 nitrogen and oxygen atoms in total. The SMILES string of the molecule is CCC1CCCNC1CC(N)=O. The number of hydrogen-bond donors (Lipinski definition) is 2. The number of amides is 1. The van der Waals surface area contributed by atoms with E-state index in [0.717, 1.165) is 13.0 Å². The van der Waals surface area contributed by atoms with E-state index in [4.69, 9.17) is 5.73 Å². The molecule has 3 heteroatoms. The Balaban J connectivity index is 2.41. The van der Waals surface area contributed by atoms with Crippen molar-refractivity contribution < 1.29 is 4.79 Å². The van der Waals surface area contributed by atoms with Gasteiger partial charge < -0.3 is 11.1 Å². The molecule has 12 heavy (non-hydrogen) atoms. The van der Waals surface area contributed by atoms with Gasteiger partial charge >= 0.3 is 0 Å². The maximum absolute atomic E-state index is 10.7. The van der Waals surface area contributed by atoms with Crippen LogP contribution in [0.5, 0.6) is 0 Å². The second kappa shape index (κ2) is 4.45. The molecule has 0 aromatic carbocycles. The van der Waals surface area contributed by atoms with E-state index in [1.165, 1.54) is 12.8 Å². The first kappa shape index (κ1) is 9.52. The largest absolute Gasteiger partial charge is 0.370 e. The van der Waals surface area contributed by atoms with E-state index in [1.54, 1.807) is 0 Å². The molecular weight excluding hydrogens is 152 g/mol. The third-order valence-electron chi connectivity index (χ3n) is 2.67. The number of rotatable bonds is 3. The summed E-state index contributed by atoms with van der Waals surface area (Å²) in [5, 5.41) is 3.35. The van der Waals surface area contributed by atoms with Crippen LogP contribution in [-0.2, 0) is 4.79 Å². The number of nitrogens with one attached hydrogen (secondary N) is 1. The highest BCUT2D eigenvalue weighted by Crippen LogP contribution is 2.21. The van der Waals surface area contributed by atoms with Crippen molar-refractivity contribution in [3.8, 4) is 0 Å². The van der Waals surface area contributed by atoms with Gasteiger partial charge in [-0.15, -0.1) is 0 Å². The predicted molar refractivity (Wildman–Crippen MR) is 48.6 cm³/mol. The third-order valence-corrected chi connectivity index (χ3v) is 2.67. The van der Waals surface area contributed by atoms with Crippen LogP contribution >= 0.6 is 0 Å². The minimum absolute atomic E-state index is 0.187. The Morgan fingerprint density at radius 1 is 1.67 bits per heavy atom. The van der Waals surface area contributed by atoms with Gasteiger partial charge in [0.15, 0.2) is 0 Å². The van der Waals surface area contributed by atoms with Crippen LogP contribution < -0.4 is 11.1 Å². The fraction of sp³-hybridized carbons (Fsp3) is 0.889. The molecule has 0 aromatic rings. The Morgan fingerprint density at radius 2 is 2.42 bits per heavy atom. The second-order valence-electron chi connectivity index (χ2n) is 3.54. The van der Waals surface area contributed by atoms with Crippen LogP contribution in [0.2, 0.25) is 0 Å². The lowest BCUT2D eigenvalue weighted by molar-refractivity contribution is -0.118. The van der Waals surface area contributed by atoms with Crippen LogP contribution in [0.4, 0.5) is 0 Å². The number of primary amides is 1. The molecule has 0 aromatic heterocycles. The summed E-state index contributed by atoms with van der Waals surface area (Å²) in [4.78, 5) is 10.7. The van der Waals surface area contributed by atoms with Gasteiger partial charge in [0.25, 0.3) is 0 Å². The van der Waals surface area contributed by atoms with Crippen molar-refractivity contribution in [2.24, 2.45) is 11.7 Å². The van der Waals surface area contributed by atoms with Crippen LogP contribution in [0.1, 0.15) is 32.6 Å². The lowest BCUT2D eigenvalue weighted by Gasteiger charge is -2.31. The summed E-state index contributed by atoms with van der Waals surface area (Å²) in [6, 6.07) is 0.334. The van der Waals surface area contributed by atoms with Crippen molar-refractivity contribution in [3.05, 3.63) is 0 Å². The molecule has 0 saturated carbocycles. The Labute approximate surface area is 73.7 Å². The van der Waals surface area contributed by atoms with Crippen molar-refractivity contribution in [3.63, 3.8) is 0 Å². The molecule has 1 saturated heterocycles. The molecule has 2 atom stereocenters. The monoisotopic (exact) mass is 170 g/mol. The highest BCUT2D eigenvalue weighted by molar-refractivity contribution is 5.74. The molecule has 0 aliphatic carbocycles. The van der Waals surface area contributed by atoms with Gasteiger partial charge in [0, 0.05) is 12.5 Å². The van der Waals surface area contributed by atoms with E-state index < -0.39 is 0 Å². The first-order chi connectivity index (χ1) is 5.74.